The Bertz CT molecular complexity index is 2130. The topological polar surface area (TPSA) is 89.1 Å². The summed E-state index contributed by atoms with van der Waals surface area (Å²) in [6.45, 7) is 16.9. The van der Waals surface area contributed by atoms with Crippen LogP contribution in [0.25, 0.3) is 33.0 Å². The Labute approximate surface area is 314 Å². The van der Waals surface area contributed by atoms with Gasteiger partial charge in [0.2, 0.25) is 5.91 Å². The average Bonchev–Trinajstić information content (AvgIpc) is 3.75. The number of anilines is 1. The van der Waals surface area contributed by atoms with Crippen LogP contribution >= 0.6 is 34.5 Å². The highest BCUT2D eigenvalue weighted by Gasteiger charge is 2.20. The number of carbonyl (C=O) groups excluding carboxylic acids is 1. The van der Waals surface area contributed by atoms with Gasteiger partial charge in [-0.05, 0) is 79.1 Å². The van der Waals surface area contributed by atoms with Crippen molar-refractivity contribution < 1.29 is 4.79 Å². The van der Waals surface area contributed by atoms with Gasteiger partial charge < -0.3 is 20.5 Å². The predicted molar refractivity (Wildman–Crippen MR) is 213 cm³/mol. The van der Waals surface area contributed by atoms with E-state index < -0.39 is 0 Å². The lowest BCUT2D eigenvalue weighted by molar-refractivity contribution is -0.118. The molecule has 0 spiro atoms. The van der Waals surface area contributed by atoms with E-state index in [0.29, 0.717) is 36.2 Å². The van der Waals surface area contributed by atoms with E-state index in [9.17, 15) is 4.79 Å². The smallest absolute Gasteiger partial charge is 0.219 e. The first-order chi connectivity index (χ1) is 24.4. The second-order valence-electron chi connectivity index (χ2n) is 13.6. The molecule has 2 heterocycles. The summed E-state index contributed by atoms with van der Waals surface area (Å²) >= 11 is 14.3. The van der Waals surface area contributed by atoms with Crippen molar-refractivity contribution in [2.75, 3.05) is 18.0 Å². The standard InChI is InChI=1S/C41H42Cl2N6OS/c1-6-48(7-2)31-16-13-28(14-17-31)39-46-35-21-30(15-19-36(35)49(39)24-27-10-18-32(42)33(43)20-27)34(22-38(44)50)45-23-26-8-11-29(12-9-26)40-47-37(25-51-40)41(3,4)5/h8-21,25,34,45H,1-2,6-7,22-24H2,3-5H3,(H2,44,50). The average molecular weight is 738 g/mol. The number of carbonyl (C=O) groups is 1. The number of aromatic nitrogens is 3. The van der Waals surface area contributed by atoms with Crippen LogP contribution in [0.5, 0.6) is 0 Å². The molecule has 0 fully saturated rings. The van der Waals surface area contributed by atoms with Crippen LogP contribution in [0, 0.1) is 13.8 Å². The number of nitrogens with two attached hydrogens (primary N) is 1. The van der Waals surface area contributed by atoms with Gasteiger partial charge >= 0.3 is 0 Å². The number of halogens is 2. The number of nitrogens with zero attached hydrogens (tertiary/aromatic N) is 4. The van der Waals surface area contributed by atoms with Gasteiger partial charge in [0.25, 0.3) is 0 Å². The number of primary amides is 1. The molecule has 6 aromatic rings. The zero-order valence-corrected chi connectivity index (χ0v) is 31.5. The van der Waals surface area contributed by atoms with Crippen LogP contribution < -0.4 is 16.0 Å². The van der Waals surface area contributed by atoms with Crippen molar-refractivity contribution in [3.05, 3.63) is 137 Å². The zero-order valence-electron chi connectivity index (χ0n) is 29.1. The minimum atomic E-state index is -0.383. The van der Waals surface area contributed by atoms with Gasteiger partial charge in [0.05, 0.1) is 26.8 Å². The Morgan fingerprint density at radius 1 is 0.902 bits per heavy atom. The molecule has 1 atom stereocenters. The van der Waals surface area contributed by atoms with Crippen LogP contribution in [0.1, 0.15) is 55.6 Å². The lowest BCUT2D eigenvalue weighted by Gasteiger charge is -2.21. The summed E-state index contributed by atoms with van der Waals surface area (Å²) in [5.74, 6) is 0.427. The molecule has 0 bridgehead atoms. The maximum Gasteiger partial charge on any atom is 0.219 e. The van der Waals surface area contributed by atoms with Crippen LogP contribution in [0.3, 0.4) is 0 Å². The Hall–Kier alpha value is -4.21. The maximum atomic E-state index is 12.3. The number of hydrogen-bond acceptors (Lipinski definition) is 6. The highest BCUT2D eigenvalue weighted by Crippen LogP contribution is 2.33. The highest BCUT2D eigenvalue weighted by atomic mass is 35.5. The summed E-state index contributed by atoms with van der Waals surface area (Å²) in [5.41, 5.74) is 14.7. The Balaban J connectivity index is 1.29. The molecular weight excluding hydrogens is 695 g/mol. The second-order valence-corrected chi connectivity index (χ2v) is 15.3. The Kier molecular flexibility index (Phi) is 11.2. The molecule has 0 aliphatic heterocycles. The fraction of sp³-hybridized carbons (Fsp3) is 0.244. The monoisotopic (exact) mass is 736 g/mol. The first-order valence-electron chi connectivity index (χ1n) is 16.9. The predicted octanol–water partition coefficient (Wildman–Crippen LogP) is 9.66. The summed E-state index contributed by atoms with van der Waals surface area (Å²) in [6.07, 6.45) is 0.145. The van der Waals surface area contributed by atoms with Crippen molar-refractivity contribution in [1.82, 2.24) is 19.9 Å². The van der Waals surface area contributed by atoms with Gasteiger partial charge in [-0.25, -0.2) is 9.97 Å². The summed E-state index contributed by atoms with van der Waals surface area (Å²) in [7, 11) is 0. The molecule has 7 nitrogen and oxygen atoms in total. The van der Waals surface area contributed by atoms with E-state index in [1.807, 2.05) is 30.3 Å². The van der Waals surface area contributed by atoms with Crippen molar-refractivity contribution >= 4 is 57.2 Å². The van der Waals surface area contributed by atoms with Gasteiger partial charge in [-0.15, -0.1) is 11.3 Å². The van der Waals surface area contributed by atoms with Crippen molar-refractivity contribution in [3.63, 3.8) is 0 Å². The molecule has 0 aliphatic carbocycles. The molecule has 4 aromatic carbocycles. The molecule has 0 aliphatic rings. The van der Waals surface area contributed by atoms with E-state index in [1.165, 1.54) is 0 Å². The number of nitrogens with one attached hydrogen (secondary N) is 1. The van der Waals surface area contributed by atoms with Gasteiger partial charge in [-0.3, -0.25) is 4.79 Å². The van der Waals surface area contributed by atoms with E-state index in [-0.39, 0.29) is 23.8 Å². The molecule has 1 unspecified atom stereocenters. The molecule has 51 heavy (non-hydrogen) atoms. The molecule has 1 amide bonds. The van der Waals surface area contributed by atoms with Crippen molar-refractivity contribution in [2.45, 2.75) is 51.7 Å². The summed E-state index contributed by atoms with van der Waals surface area (Å²) in [5, 5.41) is 7.72. The van der Waals surface area contributed by atoms with Gasteiger partial charge in [-0.1, -0.05) is 80.4 Å². The van der Waals surface area contributed by atoms with Gasteiger partial charge in [0.15, 0.2) is 0 Å². The second kappa shape index (κ2) is 15.6. The van der Waals surface area contributed by atoms with E-state index in [1.54, 1.807) is 11.3 Å². The summed E-state index contributed by atoms with van der Waals surface area (Å²) in [4.78, 5) is 24.4. The number of benzene rings is 4. The minimum absolute atomic E-state index is 0.00866. The van der Waals surface area contributed by atoms with Crippen LogP contribution in [0.15, 0.2) is 90.3 Å². The quantitative estimate of drug-likeness (QED) is 0.123. The first-order valence-corrected chi connectivity index (χ1v) is 18.5. The van der Waals surface area contributed by atoms with Crippen LogP contribution in [-0.4, -0.2) is 33.5 Å². The fourth-order valence-electron chi connectivity index (χ4n) is 6.02. The number of rotatable bonds is 13. The minimum Gasteiger partial charge on any atom is -0.372 e. The van der Waals surface area contributed by atoms with E-state index in [0.717, 1.165) is 61.1 Å². The summed E-state index contributed by atoms with van der Waals surface area (Å²) < 4.78 is 2.18. The number of thiazole rings is 1. The van der Waals surface area contributed by atoms with Crippen LogP contribution in [-0.2, 0) is 23.3 Å². The Morgan fingerprint density at radius 3 is 2.22 bits per heavy atom. The zero-order chi connectivity index (χ0) is 36.3. The first kappa shape index (κ1) is 36.6. The highest BCUT2D eigenvalue weighted by molar-refractivity contribution is 7.13. The third-order valence-electron chi connectivity index (χ3n) is 8.96. The molecular formula is C41H42Cl2N6OS. The van der Waals surface area contributed by atoms with Crippen molar-refractivity contribution in [1.29, 1.82) is 0 Å². The van der Waals surface area contributed by atoms with Gasteiger partial charge in [0, 0.05) is 66.3 Å². The molecule has 262 valence electrons. The number of fused-ring (bicyclic) bond motifs is 1. The summed E-state index contributed by atoms with van der Waals surface area (Å²) in [6, 6.07) is 28.2. The van der Waals surface area contributed by atoms with Crippen LogP contribution in [0.4, 0.5) is 5.69 Å². The number of imidazole rings is 1. The molecule has 0 saturated carbocycles. The lowest BCUT2D eigenvalue weighted by atomic mass is 9.93. The van der Waals surface area contributed by atoms with Gasteiger partial charge in [-0.2, -0.15) is 0 Å². The molecule has 6 rings (SSSR count). The van der Waals surface area contributed by atoms with Crippen molar-refractivity contribution in [2.24, 2.45) is 5.73 Å². The van der Waals surface area contributed by atoms with Crippen molar-refractivity contribution in [3.8, 4) is 22.0 Å². The van der Waals surface area contributed by atoms with E-state index >= 15 is 0 Å². The van der Waals surface area contributed by atoms with Crippen LogP contribution in [0.2, 0.25) is 10.0 Å². The third-order valence-corrected chi connectivity index (χ3v) is 10.6. The molecule has 10 heteroatoms. The van der Waals surface area contributed by atoms with Gasteiger partial charge in [0.1, 0.15) is 10.8 Å². The maximum absolute atomic E-state index is 12.3. The lowest BCUT2D eigenvalue weighted by Crippen LogP contribution is -2.26. The number of amides is 1. The van der Waals surface area contributed by atoms with E-state index in [4.69, 9.17) is 38.9 Å². The SMILES string of the molecule is [CH2]CN(C[CH2])c1ccc(-c2nc3cc(C(CC(N)=O)NCc4ccc(-c5nc(C(C)(C)C)cs5)cc4)ccc3n2Cc2ccc(Cl)c(Cl)c2)cc1. The Morgan fingerprint density at radius 2 is 1.59 bits per heavy atom. The fourth-order valence-corrected chi connectivity index (χ4v) is 7.40. The molecule has 3 N–H and O–H groups in total. The largest absolute Gasteiger partial charge is 0.372 e. The third kappa shape index (κ3) is 8.47. The molecule has 2 radical (unpaired) electrons. The number of hydrogen-bond donors (Lipinski definition) is 2. The molecule has 2 aromatic heterocycles. The van der Waals surface area contributed by atoms with E-state index in [2.05, 4.69) is 109 Å². The molecule has 0 saturated heterocycles. The normalized spacial score (nSPS) is 12.4.